The van der Waals surface area contributed by atoms with Crippen LogP contribution >= 0.6 is 12.2 Å². The minimum atomic E-state index is -0.243. The van der Waals surface area contributed by atoms with Gasteiger partial charge in [-0.25, -0.2) is 0 Å². The van der Waals surface area contributed by atoms with Crippen molar-refractivity contribution in [2.45, 2.75) is 118 Å². The van der Waals surface area contributed by atoms with E-state index in [1.165, 1.54) is 0 Å². The molecule has 0 spiro atoms. The average molecular weight is 575 g/mol. The van der Waals surface area contributed by atoms with Crippen molar-refractivity contribution in [2.24, 2.45) is 0 Å². The van der Waals surface area contributed by atoms with Gasteiger partial charge in [0.2, 0.25) is 0 Å². The molecule has 0 fully saturated rings. The van der Waals surface area contributed by atoms with Crippen LogP contribution < -0.4 is 0 Å². The van der Waals surface area contributed by atoms with E-state index in [4.69, 9.17) is 12.2 Å². The van der Waals surface area contributed by atoms with Crippen molar-refractivity contribution in [1.82, 2.24) is 0 Å². The zero-order valence-electron chi connectivity index (χ0n) is 27.2. The van der Waals surface area contributed by atoms with E-state index in [0.29, 0.717) is 29.9 Å². The van der Waals surface area contributed by atoms with E-state index in [0.717, 1.165) is 44.5 Å². The van der Waals surface area contributed by atoms with Crippen molar-refractivity contribution in [3.63, 3.8) is 0 Å². The number of hydrogen-bond acceptors (Lipinski definition) is 3. The maximum atomic E-state index is 11.3. The second-order valence-corrected chi connectivity index (χ2v) is 16.1. The highest BCUT2D eigenvalue weighted by molar-refractivity contribution is 7.80. The molecule has 0 saturated heterocycles. The zero-order chi connectivity index (χ0) is 31.3. The molecule has 41 heavy (non-hydrogen) atoms. The molecule has 0 aliphatic rings. The molecule has 0 aliphatic carbocycles. The lowest BCUT2D eigenvalue weighted by Crippen LogP contribution is -2.18. The highest BCUT2D eigenvalue weighted by Crippen LogP contribution is 2.42. The average Bonchev–Trinajstić information content (AvgIpc) is 2.78. The van der Waals surface area contributed by atoms with Crippen LogP contribution in [0.4, 0.5) is 0 Å². The summed E-state index contributed by atoms with van der Waals surface area (Å²) in [6.07, 6.45) is 1.20. The van der Waals surface area contributed by atoms with Gasteiger partial charge >= 0.3 is 0 Å². The van der Waals surface area contributed by atoms with Gasteiger partial charge in [0, 0.05) is 5.56 Å². The number of phenols is 2. The molecule has 0 saturated carbocycles. The first-order valence-corrected chi connectivity index (χ1v) is 15.0. The van der Waals surface area contributed by atoms with Crippen LogP contribution in [0, 0.1) is 0 Å². The van der Waals surface area contributed by atoms with Gasteiger partial charge in [0.05, 0.1) is 0 Å². The van der Waals surface area contributed by atoms with Crippen LogP contribution in [0.1, 0.15) is 133 Å². The Kier molecular flexibility index (Phi) is 8.84. The quantitative estimate of drug-likeness (QED) is 0.266. The molecule has 0 radical (unpaired) electrons. The number of aromatic hydroxyl groups is 2. The Hall–Kier alpha value is -2.85. The Morgan fingerprint density at radius 2 is 0.927 bits per heavy atom. The van der Waals surface area contributed by atoms with Gasteiger partial charge in [-0.05, 0) is 91.2 Å². The summed E-state index contributed by atoms with van der Waals surface area (Å²) in [5, 5.41) is 33.0. The third-order valence-electron chi connectivity index (χ3n) is 7.85. The fraction of sp³-hybridized carbons (Fsp3) is 0.486. The summed E-state index contributed by atoms with van der Waals surface area (Å²) in [5.41, 5.74) is 7.63. The number of rotatable bonds is 5. The maximum Gasteiger partial charge on any atom is 0.188 e. The third kappa shape index (κ3) is 7.33. The minimum Gasteiger partial charge on any atom is -0.507 e. The van der Waals surface area contributed by atoms with E-state index in [9.17, 15) is 15.3 Å². The first-order valence-electron chi connectivity index (χ1n) is 14.6. The number of thiocarbonyl (C=S) groups is 1. The fourth-order valence-electron chi connectivity index (χ4n) is 5.51. The molecule has 3 rings (SSSR count). The lowest BCUT2D eigenvalue weighted by molar-refractivity contribution is 0.422. The first-order chi connectivity index (χ1) is 18.5. The normalized spacial score (nSPS) is 13.0. The zero-order valence-corrected chi connectivity index (χ0v) is 28.0. The van der Waals surface area contributed by atoms with Gasteiger partial charge in [0.25, 0.3) is 0 Å². The predicted octanol–water partition coefficient (Wildman–Crippen LogP) is 9.70. The first kappa shape index (κ1) is 32.7. The van der Waals surface area contributed by atoms with Crippen molar-refractivity contribution in [1.29, 1.82) is 0 Å². The largest absolute Gasteiger partial charge is 0.507 e. The van der Waals surface area contributed by atoms with Gasteiger partial charge < -0.3 is 15.3 Å². The summed E-state index contributed by atoms with van der Waals surface area (Å²) in [6.45, 7) is 25.4. The molecule has 222 valence electrons. The van der Waals surface area contributed by atoms with E-state index in [-0.39, 0.29) is 26.7 Å². The Morgan fingerprint density at radius 3 is 1.24 bits per heavy atom. The second kappa shape index (κ2) is 11.1. The van der Waals surface area contributed by atoms with Gasteiger partial charge in [0.15, 0.2) is 5.05 Å². The molecule has 0 atom stereocenters. The monoisotopic (exact) mass is 574 g/mol. The Labute approximate surface area is 253 Å². The number of phenolic OH excluding ortho intramolecular Hbond substituents is 2. The molecule has 0 unspecified atom stereocenters. The molecule has 0 heterocycles. The van der Waals surface area contributed by atoms with Gasteiger partial charge in [-0.1, -0.05) is 126 Å². The Balaban J connectivity index is 2.25. The Bertz CT molecular complexity index is 1380. The van der Waals surface area contributed by atoms with Crippen LogP contribution in [0.15, 0.2) is 42.5 Å². The SMILES string of the molecule is CC(C)(C)c1cc(Cc2cccc(C(O)=S)c2Cc2cc(C(C)(C)C)c(O)c(C(C)(C)C)c2)cc(C(C)(C)C)c1O. The summed E-state index contributed by atoms with van der Waals surface area (Å²) in [7, 11) is 0. The van der Waals surface area contributed by atoms with Crippen molar-refractivity contribution in [3.05, 3.63) is 92.5 Å². The highest BCUT2D eigenvalue weighted by Gasteiger charge is 2.29. The van der Waals surface area contributed by atoms with Gasteiger partial charge in [-0.3, -0.25) is 0 Å². The summed E-state index contributed by atoms with van der Waals surface area (Å²) >= 11 is 5.32. The van der Waals surface area contributed by atoms with Crippen LogP contribution in [-0.4, -0.2) is 20.4 Å². The summed E-state index contributed by atoms with van der Waals surface area (Å²) in [6, 6.07) is 14.4. The van der Waals surface area contributed by atoms with Gasteiger partial charge in [0.1, 0.15) is 11.5 Å². The van der Waals surface area contributed by atoms with Crippen LogP contribution in [0.5, 0.6) is 11.5 Å². The molecule has 3 aromatic rings. The standard InChI is InChI=1S/C37H50O3S/c1-34(2,3)27-18-22(19-28(31(27)38)35(4,5)6)16-24-14-13-15-25(33(40)41)26(24)17-23-20-29(36(7,8)9)32(39)30(21-23)37(10,11)12/h13-15,18-21,38-39H,16-17H2,1-12H3,(H,40,41). The lowest BCUT2D eigenvalue weighted by atomic mass is 9.77. The number of aliphatic hydroxyl groups excluding tert-OH is 1. The van der Waals surface area contributed by atoms with Crippen molar-refractivity contribution in [3.8, 4) is 11.5 Å². The second-order valence-electron chi connectivity index (χ2n) is 15.7. The molecule has 0 aliphatic heterocycles. The molecular formula is C37H50O3S. The summed E-state index contributed by atoms with van der Waals surface area (Å²) < 4.78 is 0. The van der Waals surface area contributed by atoms with E-state index < -0.39 is 0 Å². The maximum absolute atomic E-state index is 11.3. The van der Waals surface area contributed by atoms with Crippen molar-refractivity contribution >= 4 is 17.3 Å². The smallest absolute Gasteiger partial charge is 0.188 e. The van der Waals surface area contributed by atoms with E-state index in [1.54, 1.807) is 0 Å². The van der Waals surface area contributed by atoms with Gasteiger partial charge in [-0.2, -0.15) is 0 Å². The topological polar surface area (TPSA) is 60.7 Å². The molecule has 0 amide bonds. The van der Waals surface area contributed by atoms with Crippen LogP contribution in [-0.2, 0) is 34.5 Å². The highest BCUT2D eigenvalue weighted by atomic mass is 32.1. The van der Waals surface area contributed by atoms with Crippen LogP contribution in [0.3, 0.4) is 0 Å². The van der Waals surface area contributed by atoms with Crippen molar-refractivity contribution in [2.75, 3.05) is 0 Å². The fourth-order valence-corrected chi connectivity index (χ4v) is 5.70. The molecule has 3 nitrogen and oxygen atoms in total. The van der Waals surface area contributed by atoms with Gasteiger partial charge in [-0.15, -0.1) is 0 Å². The molecule has 0 bridgehead atoms. The van der Waals surface area contributed by atoms with Crippen LogP contribution in [0.25, 0.3) is 0 Å². The Morgan fingerprint density at radius 1 is 0.585 bits per heavy atom. The van der Waals surface area contributed by atoms with Crippen molar-refractivity contribution < 1.29 is 15.3 Å². The number of aliphatic hydroxyl groups is 1. The molecule has 4 heteroatoms. The summed E-state index contributed by atoms with van der Waals surface area (Å²) in [4.78, 5) is 0. The van der Waals surface area contributed by atoms with E-state index >= 15 is 0 Å². The molecule has 3 N–H and O–H groups in total. The minimum absolute atomic E-state index is 0.121. The van der Waals surface area contributed by atoms with E-state index in [1.807, 2.05) is 12.1 Å². The lowest BCUT2D eigenvalue weighted by Gasteiger charge is -2.29. The number of benzene rings is 3. The van der Waals surface area contributed by atoms with Crippen LogP contribution in [0.2, 0.25) is 0 Å². The third-order valence-corrected chi connectivity index (χ3v) is 8.07. The number of hydrogen-bond donors (Lipinski definition) is 3. The predicted molar refractivity (Wildman–Crippen MR) is 177 cm³/mol. The molecular weight excluding hydrogens is 524 g/mol. The van der Waals surface area contributed by atoms with E-state index in [2.05, 4.69) is 113 Å². The summed E-state index contributed by atoms with van der Waals surface area (Å²) in [5.74, 6) is 0.723. The molecule has 3 aromatic carbocycles. The molecule has 0 aromatic heterocycles.